The Morgan fingerprint density at radius 2 is 1.78 bits per heavy atom. The standard InChI is InChI=1S/C21H7Br4NO5S/c22-10-4-8-13(7-2-1-3-12(26-6-32)14(7)21(29)30)9-5-11(23)18(28)16(25)20(9)31-19(8)15(24)17(10)27/h1-5,27H,(H,29,30). The van der Waals surface area contributed by atoms with E-state index in [1.807, 2.05) is 0 Å². The van der Waals surface area contributed by atoms with Gasteiger partial charge in [0, 0.05) is 16.5 Å². The van der Waals surface area contributed by atoms with E-state index < -0.39 is 5.97 Å². The number of hydrogen-bond acceptors (Lipinski definition) is 6. The fourth-order valence-corrected chi connectivity index (χ4v) is 5.90. The molecule has 0 aromatic heterocycles. The summed E-state index contributed by atoms with van der Waals surface area (Å²) >= 11 is 17.9. The summed E-state index contributed by atoms with van der Waals surface area (Å²) in [6.45, 7) is 0. The largest absolute Gasteiger partial charge is 0.505 e. The van der Waals surface area contributed by atoms with Crippen molar-refractivity contribution in [3.63, 3.8) is 0 Å². The second kappa shape index (κ2) is 8.81. The molecule has 32 heavy (non-hydrogen) atoms. The molecule has 2 N–H and O–H groups in total. The Morgan fingerprint density at radius 3 is 2.44 bits per heavy atom. The van der Waals surface area contributed by atoms with Gasteiger partial charge in [0.15, 0.2) is 11.3 Å². The molecule has 1 aliphatic heterocycles. The topological polar surface area (TPSA) is 100 Å². The summed E-state index contributed by atoms with van der Waals surface area (Å²) in [4.78, 5) is 28.7. The third-order valence-electron chi connectivity index (χ3n) is 4.72. The van der Waals surface area contributed by atoms with Crippen LogP contribution in [0.2, 0.25) is 0 Å². The predicted octanol–water partition coefficient (Wildman–Crippen LogP) is 7.75. The van der Waals surface area contributed by atoms with Crippen LogP contribution in [0.1, 0.15) is 10.4 Å². The van der Waals surface area contributed by atoms with Gasteiger partial charge in [0.2, 0.25) is 5.43 Å². The highest BCUT2D eigenvalue weighted by Gasteiger charge is 2.28. The molecule has 2 aromatic carbocycles. The van der Waals surface area contributed by atoms with Crippen LogP contribution in [-0.4, -0.2) is 21.3 Å². The van der Waals surface area contributed by atoms with Crippen molar-refractivity contribution in [2.75, 3.05) is 0 Å². The molecule has 0 atom stereocenters. The van der Waals surface area contributed by atoms with E-state index in [2.05, 4.69) is 86.1 Å². The summed E-state index contributed by atoms with van der Waals surface area (Å²) in [5, 5.41) is 23.1. The van der Waals surface area contributed by atoms with E-state index >= 15 is 0 Å². The normalized spacial score (nSPS) is 11.0. The molecule has 1 aliphatic carbocycles. The average Bonchev–Trinajstić information content (AvgIpc) is 2.75. The number of aromatic hydroxyl groups is 1. The van der Waals surface area contributed by atoms with Crippen LogP contribution in [0, 0.1) is 0 Å². The number of aromatic carboxylic acids is 1. The van der Waals surface area contributed by atoms with Gasteiger partial charge < -0.3 is 14.6 Å². The zero-order valence-electron chi connectivity index (χ0n) is 15.4. The van der Waals surface area contributed by atoms with Gasteiger partial charge in [-0.1, -0.05) is 12.1 Å². The molecule has 2 aromatic rings. The van der Waals surface area contributed by atoms with Gasteiger partial charge in [0.05, 0.1) is 25.4 Å². The van der Waals surface area contributed by atoms with Gasteiger partial charge >= 0.3 is 5.97 Å². The second-order valence-electron chi connectivity index (χ2n) is 6.46. The molecule has 6 nitrogen and oxygen atoms in total. The van der Waals surface area contributed by atoms with E-state index in [4.69, 9.17) is 4.42 Å². The van der Waals surface area contributed by atoms with E-state index in [-0.39, 0.29) is 47.2 Å². The van der Waals surface area contributed by atoms with Crippen LogP contribution >= 0.6 is 75.9 Å². The number of phenols is 1. The molecule has 0 unspecified atom stereocenters. The quantitative estimate of drug-likeness (QED) is 0.129. The number of isothiocyanates is 1. The number of halogens is 4. The van der Waals surface area contributed by atoms with Gasteiger partial charge in [-0.25, -0.2) is 4.79 Å². The maximum Gasteiger partial charge on any atom is 0.338 e. The molecular weight excluding hydrogens is 698 g/mol. The number of carboxylic acids is 1. The first-order valence-electron chi connectivity index (χ1n) is 8.57. The lowest BCUT2D eigenvalue weighted by molar-refractivity contribution is 0.0698. The number of nitrogens with zero attached hydrogens (tertiary/aromatic N) is 1. The number of carboxylic acid groups (broad SMARTS) is 1. The lowest BCUT2D eigenvalue weighted by atomic mass is 9.90. The third kappa shape index (κ3) is 3.67. The Kier molecular flexibility index (Phi) is 6.41. The Labute approximate surface area is 218 Å². The maximum absolute atomic E-state index is 12.5. The molecule has 0 fully saturated rings. The molecule has 0 radical (unpaired) electrons. The lowest BCUT2D eigenvalue weighted by Gasteiger charge is -2.19. The Morgan fingerprint density at radius 1 is 1.06 bits per heavy atom. The SMILES string of the molecule is O=C(O)c1c(N=C=S)cccc1-c1c2cc(Br)c(=O)c(Br)c-2oc2c(Br)c(O)c(Br)cc12. The second-order valence-corrected chi connectivity index (χ2v) is 9.94. The van der Waals surface area contributed by atoms with Crippen molar-refractivity contribution < 1.29 is 19.4 Å². The Hall–Kier alpha value is -1.88. The molecule has 0 spiro atoms. The van der Waals surface area contributed by atoms with E-state index in [1.165, 1.54) is 6.07 Å². The minimum atomic E-state index is -1.22. The van der Waals surface area contributed by atoms with Gasteiger partial charge in [-0.2, -0.15) is 4.99 Å². The minimum Gasteiger partial charge on any atom is -0.505 e. The molecule has 0 saturated carbocycles. The number of carbonyl (C=O) groups is 1. The van der Waals surface area contributed by atoms with Crippen molar-refractivity contribution >= 4 is 104 Å². The van der Waals surface area contributed by atoms with E-state index in [0.29, 0.717) is 26.5 Å². The third-order valence-corrected chi connectivity index (χ3v) is 7.46. The maximum atomic E-state index is 12.5. The van der Waals surface area contributed by atoms with Gasteiger partial charge in [-0.05, 0) is 99.7 Å². The highest BCUT2D eigenvalue weighted by molar-refractivity contribution is 9.11. The van der Waals surface area contributed by atoms with Crippen molar-refractivity contribution in [3.8, 4) is 28.2 Å². The first-order chi connectivity index (χ1) is 15.2. The highest BCUT2D eigenvalue weighted by Crippen LogP contribution is 2.49. The highest BCUT2D eigenvalue weighted by atomic mass is 79.9. The number of benzene rings is 3. The smallest absolute Gasteiger partial charge is 0.338 e. The van der Waals surface area contributed by atoms with Crippen molar-refractivity contribution in [3.05, 3.63) is 64.0 Å². The van der Waals surface area contributed by atoms with Gasteiger partial charge in [0.1, 0.15) is 14.7 Å². The zero-order chi connectivity index (χ0) is 23.3. The molecule has 0 saturated heterocycles. The molecule has 1 heterocycles. The van der Waals surface area contributed by atoms with Crippen LogP contribution in [0.15, 0.2) is 62.4 Å². The van der Waals surface area contributed by atoms with Gasteiger partial charge in [-0.3, -0.25) is 4.79 Å². The first kappa shape index (κ1) is 23.3. The predicted molar refractivity (Wildman–Crippen MR) is 139 cm³/mol. The summed E-state index contributed by atoms with van der Waals surface area (Å²) < 4.78 is 7.02. The molecule has 4 rings (SSSR count). The summed E-state index contributed by atoms with van der Waals surface area (Å²) in [5.41, 5.74) is 1.14. The summed E-state index contributed by atoms with van der Waals surface area (Å²) in [7, 11) is 0. The van der Waals surface area contributed by atoms with Crippen LogP contribution in [0.25, 0.3) is 33.4 Å². The van der Waals surface area contributed by atoms with Gasteiger partial charge in [0.25, 0.3) is 0 Å². The summed E-state index contributed by atoms with van der Waals surface area (Å²) in [6.07, 6.45) is 0. The molecule has 160 valence electrons. The average molecular weight is 705 g/mol. The van der Waals surface area contributed by atoms with Crippen molar-refractivity contribution in [2.45, 2.75) is 0 Å². The van der Waals surface area contributed by atoms with E-state index in [9.17, 15) is 19.8 Å². The molecule has 0 amide bonds. The summed E-state index contributed by atoms with van der Waals surface area (Å²) in [6, 6.07) is 7.97. The number of rotatable bonds is 3. The van der Waals surface area contributed by atoms with Crippen LogP contribution in [0.3, 0.4) is 0 Å². The fourth-order valence-electron chi connectivity index (χ4n) is 3.40. The fraction of sp³-hybridized carbons (Fsp3) is 0. The minimum absolute atomic E-state index is 0.0996. The van der Waals surface area contributed by atoms with Crippen LogP contribution in [0.5, 0.6) is 5.75 Å². The number of hydrogen-bond donors (Lipinski definition) is 2. The zero-order valence-corrected chi connectivity index (χ0v) is 22.5. The van der Waals surface area contributed by atoms with Crippen LogP contribution in [-0.2, 0) is 0 Å². The first-order valence-corrected chi connectivity index (χ1v) is 12.1. The van der Waals surface area contributed by atoms with Crippen molar-refractivity contribution in [1.29, 1.82) is 0 Å². The molecule has 2 aliphatic rings. The molecule has 11 heteroatoms. The molecule has 0 bridgehead atoms. The monoisotopic (exact) mass is 701 g/mol. The molecular formula is C21H7Br4NO5S. The Balaban J connectivity index is 2.35. The summed E-state index contributed by atoms with van der Waals surface area (Å²) in [5.74, 6) is -1.15. The van der Waals surface area contributed by atoms with E-state index in [0.717, 1.165) is 0 Å². The number of thiocarbonyl (C=S) groups is 1. The number of phenolic OH excluding ortho intramolecular Hbond substituents is 1. The Bertz CT molecular complexity index is 1540. The van der Waals surface area contributed by atoms with Crippen LogP contribution < -0.4 is 5.43 Å². The number of aliphatic imine (C=N–C) groups is 1. The van der Waals surface area contributed by atoms with Gasteiger partial charge in [-0.15, -0.1) is 0 Å². The van der Waals surface area contributed by atoms with Crippen molar-refractivity contribution in [1.82, 2.24) is 0 Å². The number of fused-ring (bicyclic) bond motifs is 2. The van der Waals surface area contributed by atoms with Crippen molar-refractivity contribution in [2.24, 2.45) is 4.99 Å². The van der Waals surface area contributed by atoms with E-state index in [1.54, 1.807) is 24.3 Å². The lowest BCUT2D eigenvalue weighted by Crippen LogP contribution is -2.08. The van der Waals surface area contributed by atoms with Crippen LogP contribution in [0.4, 0.5) is 5.69 Å².